The van der Waals surface area contributed by atoms with E-state index in [1.807, 2.05) is 0 Å². The molecule has 0 aliphatic heterocycles. The van der Waals surface area contributed by atoms with Crippen molar-refractivity contribution in [1.29, 1.82) is 0 Å². The standard InChI is InChI=1S/C11H8BrFO2/c12-6-2-1-3-8-4-5-9(11(14)15)10(13)7-8/h4-5,7H,2,6H2,(H,14,15). The number of carbonyl (C=O) groups is 1. The van der Waals surface area contributed by atoms with Crippen molar-refractivity contribution in [3.8, 4) is 11.8 Å². The Morgan fingerprint density at radius 2 is 2.27 bits per heavy atom. The van der Waals surface area contributed by atoms with Gasteiger partial charge in [0.15, 0.2) is 0 Å². The molecule has 0 unspecified atom stereocenters. The first-order valence-electron chi connectivity index (χ1n) is 4.23. The molecule has 0 saturated carbocycles. The third kappa shape index (κ3) is 3.37. The third-order valence-corrected chi connectivity index (χ3v) is 2.05. The second kappa shape index (κ2) is 5.52. The van der Waals surface area contributed by atoms with Crippen LogP contribution in [0.15, 0.2) is 18.2 Å². The van der Waals surface area contributed by atoms with Crippen LogP contribution >= 0.6 is 15.9 Å². The van der Waals surface area contributed by atoms with E-state index in [1.165, 1.54) is 12.1 Å². The fourth-order valence-corrected chi connectivity index (χ4v) is 1.18. The molecule has 0 saturated heterocycles. The van der Waals surface area contributed by atoms with E-state index in [0.717, 1.165) is 11.4 Å². The van der Waals surface area contributed by atoms with Gasteiger partial charge in [-0.25, -0.2) is 9.18 Å². The Bertz CT molecular complexity index is 432. The number of benzene rings is 1. The summed E-state index contributed by atoms with van der Waals surface area (Å²) in [5.41, 5.74) is 0.152. The van der Waals surface area contributed by atoms with Crippen molar-refractivity contribution in [2.75, 3.05) is 5.33 Å². The van der Waals surface area contributed by atoms with Gasteiger partial charge in [-0.3, -0.25) is 0 Å². The Balaban J connectivity index is 2.93. The van der Waals surface area contributed by atoms with E-state index >= 15 is 0 Å². The molecule has 1 aromatic rings. The zero-order chi connectivity index (χ0) is 11.3. The van der Waals surface area contributed by atoms with Gasteiger partial charge in [0.05, 0.1) is 5.56 Å². The lowest BCUT2D eigenvalue weighted by molar-refractivity contribution is 0.0692. The largest absolute Gasteiger partial charge is 0.478 e. The van der Waals surface area contributed by atoms with Crippen LogP contribution in [-0.2, 0) is 0 Å². The van der Waals surface area contributed by atoms with Gasteiger partial charge < -0.3 is 5.11 Å². The van der Waals surface area contributed by atoms with Gasteiger partial charge >= 0.3 is 5.97 Å². The highest BCUT2D eigenvalue weighted by Gasteiger charge is 2.09. The molecular weight excluding hydrogens is 263 g/mol. The normalized spacial score (nSPS) is 9.20. The van der Waals surface area contributed by atoms with Gasteiger partial charge in [-0.1, -0.05) is 27.8 Å². The van der Waals surface area contributed by atoms with Crippen LogP contribution in [-0.4, -0.2) is 16.4 Å². The Hall–Kier alpha value is -1.34. The predicted octanol–water partition coefficient (Wildman–Crippen LogP) is 2.66. The van der Waals surface area contributed by atoms with Gasteiger partial charge in [0.2, 0.25) is 0 Å². The van der Waals surface area contributed by atoms with E-state index in [-0.39, 0.29) is 5.56 Å². The van der Waals surface area contributed by atoms with E-state index in [9.17, 15) is 9.18 Å². The molecule has 2 nitrogen and oxygen atoms in total. The average molecular weight is 271 g/mol. The summed E-state index contributed by atoms with van der Waals surface area (Å²) in [4.78, 5) is 10.5. The maximum absolute atomic E-state index is 13.2. The summed E-state index contributed by atoms with van der Waals surface area (Å²) in [6.07, 6.45) is 0.669. The van der Waals surface area contributed by atoms with E-state index in [1.54, 1.807) is 0 Å². The van der Waals surface area contributed by atoms with E-state index < -0.39 is 11.8 Å². The molecular formula is C11H8BrFO2. The van der Waals surface area contributed by atoms with Gasteiger partial charge in [-0.15, -0.1) is 0 Å². The van der Waals surface area contributed by atoms with Gasteiger partial charge in [-0.2, -0.15) is 0 Å². The summed E-state index contributed by atoms with van der Waals surface area (Å²) in [6, 6.07) is 3.84. The maximum Gasteiger partial charge on any atom is 0.338 e. The zero-order valence-electron chi connectivity index (χ0n) is 7.76. The first-order valence-corrected chi connectivity index (χ1v) is 5.35. The molecule has 0 atom stereocenters. The minimum Gasteiger partial charge on any atom is -0.478 e. The second-order valence-electron chi connectivity index (χ2n) is 2.74. The monoisotopic (exact) mass is 270 g/mol. The minimum atomic E-state index is -1.27. The Morgan fingerprint density at radius 3 is 2.80 bits per heavy atom. The van der Waals surface area contributed by atoms with Crippen molar-refractivity contribution < 1.29 is 14.3 Å². The van der Waals surface area contributed by atoms with Crippen molar-refractivity contribution in [1.82, 2.24) is 0 Å². The number of rotatable bonds is 2. The second-order valence-corrected chi connectivity index (χ2v) is 3.53. The van der Waals surface area contributed by atoms with Crippen LogP contribution in [0.2, 0.25) is 0 Å². The van der Waals surface area contributed by atoms with Gasteiger partial charge in [-0.05, 0) is 18.2 Å². The molecule has 1 aromatic carbocycles. The number of hydrogen-bond donors (Lipinski definition) is 1. The van der Waals surface area contributed by atoms with E-state index in [4.69, 9.17) is 5.11 Å². The minimum absolute atomic E-state index is 0.332. The number of aromatic carboxylic acids is 1. The highest BCUT2D eigenvalue weighted by atomic mass is 79.9. The molecule has 0 radical (unpaired) electrons. The summed E-state index contributed by atoms with van der Waals surface area (Å²) in [5, 5.41) is 9.35. The van der Waals surface area contributed by atoms with Crippen LogP contribution in [0.25, 0.3) is 0 Å². The number of halogens is 2. The van der Waals surface area contributed by atoms with Crippen molar-refractivity contribution in [2.45, 2.75) is 6.42 Å². The van der Waals surface area contributed by atoms with Crippen LogP contribution in [0.5, 0.6) is 0 Å². The zero-order valence-corrected chi connectivity index (χ0v) is 9.34. The molecule has 0 spiro atoms. The average Bonchev–Trinajstić information content (AvgIpc) is 2.17. The molecule has 15 heavy (non-hydrogen) atoms. The lowest BCUT2D eigenvalue weighted by Crippen LogP contribution is -2.00. The molecule has 0 aliphatic carbocycles. The van der Waals surface area contributed by atoms with E-state index in [2.05, 4.69) is 27.8 Å². The van der Waals surface area contributed by atoms with Crippen molar-refractivity contribution in [2.24, 2.45) is 0 Å². The molecule has 78 valence electrons. The summed E-state index contributed by atoms with van der Waals surface area (Å²) in [6.45, 7) is 0. The summed E-state index contributed by atoms with van der Waals surface area (Å²) >= 11 is 3.21. The summed E-state index contributed by atoms with van der Waals surface area (Å²) < 4.78 is 13.2. The van der Waals surface area contributed by atoms with Crippen molar-refractivity contribution in [3.05, 3.63) is 35.1 Å². The molecule has 1 N–H and O–H groups in total. The number of carboxylic acid groups (broad SMARTS) is 1. The highest BCUT2D eigenvalue weighted by Crippen LogP contribution is 2.09. The quantitative estimate of drug-likeness (QED) is 0.663. The lowest BCUT2D eigenvalue weighted by Gasteiger charge is -1.96. The predicted molar refractivity (Wildman–Crippen MR) is 58.6 cm³/mol. The Labute approximate surface area is 95.2 Å². The Kier molecular flexibility index (Phi) is 4.32. The molecule has 0 bridgehead atoms. The molecule has 0 aromatic heterocycles. The molecule has 0 fully saturated rings. The maximum atomic E-state index is 13.2. The lowest BCUT2D eigenvalue weighted by atomic mass is 10.1. The van der Waals surface area contributed by atoms with Crippen molar-refractivity contribution >= 4 is 21.9 Å². The molecule has 0 amide bonds. The molecule has 0 heterocycles. The highest BCUT2D eigenvalue weighted by molar-refractivity contribution is 9.09. The first-order chi connectivity index (χ1) is 7.15. The van der Waals surface area contributed by atoms with Crippen LogP contribution < -0.4 is 0 Å². The first kappa shape index (κ1) is 11.7. The van der Waals surface area contributed by atoms with Crippen LogP contribution in [0.4, 0.5) is 4.39 Å². The van der Waals surface area contributed by atoms with Crippen LogP contribution in [0.3, 0.4) is 0 Å². The number of hydrogen-bond acceptors (Lipinski definition) is 1. The molecule has 4 heteroatoms. The van der Waals surface area contributed by atoms with Crippen LogP contribution in [0, 0.1) is 17.7 Å². The van der Waals surface area contributed by atoms with Crippen molar-refractivity contribution in [3.63, 3.8) is 0 Å². The molecule has 0 aliphatic rings. The summed E-state index contributed by atoms with van der Waals surface area (Å²) in [7, 11) is 0. The van der Waals surface area contributed by atoms with Crippen LogP contribution in [0.1, 0.15) is 22.3 Å². The van der Waals surface area contributed by atoms with Gasteiger partial charge in [0.25, 0.3) is 0 Å². The SMILES string of the molecule is O=C(O)c1ccc(C#CCCBr)cc1F. The Morgan fingerprint density at radius 1 is 1.53 bits per heavy atom. The molecule has 1 rings (SSSR count). The number of alkyl halides is 1. The van der Waals surface area contributed by atoms with Gasteiger partial charge in [0.1, 0.15) is 5.82 Å². The fourth-order valence-electron chi connectivity index (χ4n) is 0.978. The van der Waals surface area contributed by atoms with Gasteiger partial charge in [0, 0.05) is 17.3 Å². The topological polar surface area (TPSA) is 37.3 Å². The number of carboxylic acids is 1. The smallest absolute Gasteiger partial charge is 0.338 e. The fraction of sp³-hybridized carbons (Fsp3) is 0.182. The van der Waals surface area contributed by atoms with E-state index in [0.29, 0.717) is 12.0 Å². The third-order valence-electron chi connectivity index (χ3n) is 1.65. The summed E-state index contributed by atoms with van der Waals surface area (Å²) in [5.74, 6) is 3.53.